The van der Waals surface area contributed by atoms with Gasteiger partial charge in [0.25, 0.3) is 0 Å². The van der Waals surface area contributed by atoms with Crippen molar-refractivity contribution >= 4 is 11.8 Å². The lowest BCUT2D eigenvalue weighted by Crippen LogP contribution is -2.25. The average molecular weight is 226 g/mol. The van der Waals surface area contributed by atoms with Crippen LogP contribution in [0.2, 0.25) is 0 Å². The summed E-state index contributed by atoms with van der Waals surface area (Å²) in [5.41, 5.74) is 0. The van der Waals surface area contributed by atoms with E-state index in [1.165, 1.54) is 12.2 Å². The summed E-state index contributed by atoms with van der Waals surface area (Å²) in [5.74, 6) is -0.418. The van der Waals surface area contributed by atoms with Crippen molar-refractivity contribution in [2.75, 3.05) is 13.1 Å². The van der Waals surface area contributed by atoms with E-state index in [4.69, 9.17) is 0 Å². The van der Waals surface area contributed by atoms with Crippen LogP contribution in [0.15, 0.2) is 12.2 Å². The summed E-state index contributed by atoms with van der Waals surface area (Å²) in [6.07, 6.45) is 6.56. The minimum atomic E-state index is -0.209. The fourth-order valence-corrected chi connectivity index (χ4v) is 1.05. The summed E-state index contributed by atoms with van der Waals surface area (Å²) >= 11 is 0. The molecule has 0 spiro atoms. The van der Waals surface area contributed by atoms with E-state index in [1.807, 2.05) is 0 Å². The Bertz CT molecular complexity index is 213. The molecule has 2 amide bonds. The number of rotatable bonds is 8. The molecule has 0 rings (SSSR count). The summed E-state index contributed by atoms with van der Waals surface area (Å²) in [5, 5.41) is 5.40. The van der Waals surface area contributed by atoms with Crippen molar-refractivity contribution in [1.29, 1.82) is 0 Å². The van der Waals surface area contributed by atoms with Gasteiger partial charge in [-0.2, -0.15) is 0 Å². The molecule has 0 saturated heterocycles. The Morgan fingerprint density at radius 2 is 1.25 bits per heavy atom. The second kappa shape index (κ2) is 10.2. The molecule has 16 heavy (non-hydrogen) atoms. The highest BCUT2D eigenvalue weighted by Gasteiger charge is 1.97. The second-order valence-corrected chi connectivity index (χ2v) is 3.62. The van der Waals surface area contributed by atoms with Crippen LogP contribution in [0.5, 0.6) is 0 Å². The normalized spacial score (nSPS) is 10.4. The fraction of sp³-hybridized carbons (Fsp3) is 0.667. The molecule has 0 heterocycles. The van der Waals surface area contributed by atoms with Gasteiger partial charge in [-0.3, -0.25) is 9.59 Å². The minimum Gasteiger partial charge on any atom is -0.353 e. The molecule has 0 aromatic heterocycles. The maximum atomic E-state index is 11.2. The number of carbonyl (C=O) groups excluding carboxylic acids is 2. The molecule has 4 nitrogen and oxygen atoms in total. The van der Waals surface area contributed by atoms with Gasteiger partial charge in [0.2, 0.25) is 11.8 Å². The van der Waals surface area contributed by atoms with Crippen LogP contribution in [0.25, 0.3) is 0 Å². The van der Waals surface area contributed by atoms with Gasteiger partial charge in [-0.15, -0.1) is 0 Å². The molecule has 0 aliphatic rings. The molecule has 0 saturated carbocycles. The topological polar surface area (TPSA) is 58.2 Å². The third-order valence-electron chi connectivity index (χ3n) is 2.05. The SMILES string of the molecule is CCCCNC(=O)C=CC(=O)NCCCC. The summed E-state index contributed by atoms with van der Waals surface area (Å²) in [6, 6.07) is 0. The predicted molar refractivity (Wildman–Crippen MR) is 65.0 cm³/mol. The zero-order valence-electron chi connectivity index (χ0n) is 10.2. The molecule has 2 N–H and O–H groups in total. The van der Waals surface area contributed by atoms with E-state index in [2.05, 4.69) is 24.5 Å². The van der Waals surface area contributed by atoms with E-state index in [-0.39, 0.29) is 11.8 Å². The van der Waals surface area contributed by atoms with E-state index in [0.717, 1.165) is 25.7 Å². The van der Waals surface area contributed by atoms with E-state index >= 15 is 0 Å². The quantitative estimate of drug-likeness (QED) is 0.485. The van der Waals surface area contributed by atoms with Gasteiger partial charge in [-0.05, 0) is 12.8 Å². The maximum absolute atomic E-state index is 11.2. The Morgan fingerprint density at radius 3 is 1.56 bits per heavy atom. The van der Waals surface area contributed by atoms with Gasteiger partial charge in [0.1, 0.15) is 0 Å². The Kier molecular flexibility index (Phi) is 9.36. The molecule has 0 aromatic carbocycles. The lowest BCUT2D eigenvalue weighted by atomic mass is 10.3. The number of hydrogen-bond acceptors (Lipinski definition) is 2. The van der Waals surface area contributed by atoms with Gasteiger partial charge in [-0.25, -0.2) is 0 Å². The van der Waals surface area contributed by atoms with E-state index < -0.39 is 0 Å². The zero-order valence-corrected chi connectivity index (χ0v) is 10.2. The van der Waals surface area contributed by atoms with Crippen molar-refractivity contribution < 1.29 is 9.59 Å². The largest absolute Gasteiger partial charge is 0.353 e. The summed E-state index contributed by atoms with van der Waals surface area (Å²) in [6.45, 7) is 5.45. The van der Waals surface area contributed by atoms with Crippen molar-refractivity contribution in [3.05, 3.63) is 12.2 Å². The molecule has 0 aromatic rings. The fourth-order valence-electron chi connectivity index (χ4n) is 1.05. The molecule has 0 aliphatic heterocycles. The van der Waals surface area contributed by atoms with Gasteiger partial charge in [0.15, 0.2) is 0 Å². The van der Waals surface area contributed by atoms with Gasteiger partial charge >= 0.3 is 0 Å². The monoisotopic (exact) mass is 226 g/mol. The predicted octanol–water partition coefficient (Wildman–Crippen LogP) is 1.38. The van der Waals surface area contributed by atoms with Crippen LogP contribution >= 0.6 is 0 Å². The first-order chi connectivity index (χ1) is 7.70. The number of unbranched alkanes of at least 4 members (excludes halogenated alkanes) is 2. The van der Waals surface area contributed by atoms with Crippen LogP contribution in [-0.4, -0.2) is 24.9 Å². The number of nitrogens with one attached hydrogen (secondary N) is 2. The first-order valence-corrected chi connectivity index (χ1v) is 5.94. The first kappa shape index (κ1) is 14.7. The number of carbonyl (C=O) groups is 2. The van der Waals surface area contributed by atoms with Crippen LogP contribution < -0.4 is 10.6 Å². The van der Waals surface area contributed by atoms with Crippen LogP contribution in [0.3, 0.4) is 0 Å². The van der Waals surface area contributed by atoms with Crippen LogP contribution in [0.4, 0.5) is 0 Å². The summed E-state index contributed by atoms with van der Waals surface area (Å²) in [4.78, 5) is 22.3. The molecule has 0 fully saturated rings. The smallest absolute Gasteiger partial charge is 0.244 e. The third kappa shape index (κ3) is 9.24. The number of amides is 2. The van der Waals surface area contributed by atoms with Crippen LogP contribution in [0, 0.1) is 0 Å². The standard InChI is InChI=1S/C12H22N2O2/c1-3-5-9-13-11(15)7-8-12(16)14-10-6-4-2/h7-8H,3-6,9-10H2,1-2H3,(H,13,15)(H,14,16). The van der Waals surface area contributed by atoms with Gasteiger partial charge in [0, 0.05) is 25.2 Å². The third-order valence-corrected chi connectivity index (χ3v) is 2.05. The summed E-state index contributed by atoms with van der Waals surface area (Å²) in [7, 11) is 0. The average Bonchev–Trinajstić information content (AvgIpc) is 2.27. The lowest BCUT2D eigenvalue weighted by Gasteiger charge is -2.00. The molecule has 0 radical (unpaired) electrons. The molecular weight excluding hydrogens is 204 g/mol. The van der Waals surface area contributed by atoms with Crippen molar-refractivity contribution in [2.45, 2.75) is 39.5 Å². The highest BCUT2D eigenvalue weighted by Crippen LogP contribution is 1.84. The van der Waals surface area contributed by atoms with E-state index in [9.17, 15) is 9.59 Å². The van der Waals surface area contributed by atoms with Crippen molar-refractivity contribution in [3.63, 3.8) is 0 Å². The number of hydrogen-bond donors (Lipinski definition) is 2. The molecule has 0 bridgehead atoms. The highest BCUT2D eigenvalue weighted by atomic mass is 16.2. The zero-order chi connectivity index (χ0) is 12.2. The Labute approximate surface area is 97.5 Å². The highest BCUT2D eigenvalue weighted by molar-refractivity contribution is 5.96. The van der Waals surface area contributed by atoms with Gasteiger partial charge < -0.3 is 10.6 Å². The molecule has 4 heteroatoms. The molecule has 0 aliphatic carbocycles. The molecular formula is C12H22N2O2. The molecule has 92 valence electrons. The van der Waals surface area contributed by atoms with E-state index in [1.54, 1.807) is 0 Å². The van der Waals surface area contributed by atoms with Gasteiger partial charge in [0.05, 0.1) is 0 Å². The first-order valence-electron chi connectivity index (χ1n) is 5.94. The maximum Gasteiger partial charge on any atom is 0.244 e. The van der Waals surface area contributed by atoms with Crippen molar-refractivity contribution in [1.82, 2.24) is 10.6 Å². The Hall–Kier alpha value is -1.32. The van der Waals surface area contributed by atoms with Crippen molar-refractivity contribution in [3.8, 4) is 0 Å². The van der Waals surface area contributed by atoms with Gasteiger partial charge in [-0.1, -0.05) is 26.7 Å². The molecule has 0 atom stereocenters. The van der Waals surface area contributed by atoms with Crippen molar-refractivity contribution in [2.24, 2.45) is 0 Å². The lowest BCUT2D eigenvalue weighted by molar-refractivity contribution is -0.118. The minimum absolute atomic E-state index is 0.209. The summed E-state index contributed by atoms with van der Waals surface area (Å²) < 4.78 is 0. The van der Waals surface area contributed by atoms with E-state index in [0.29, 0.717) is 13.1 Å². The second-order valence-electron chi connectivity index (χ2n) is 3.62. The Balaban J connectivity index is 3.63. The van der Waals surface area contributed by atoms with Crippen LogP contribution in [-0.2, 0) is 9.59 Å². The van der Waals surface area contributed by atoms with Crippen LogP contribution in [0.1, 0.15) is 39.5 Å². The molecule has 0 unspecified atom stereocenters. The Morgan fingerprint density at radius 1 is 0.875 bits per heavy atom.